The fourth-order valence-corrected chi connectivity index (χ4v) is 1.70. The van der Waals surface area contributed by atoms with Gasteiger partial charge in [-0.05, 0) is 32.0 Å². The monoisotopic (exact) mass is 278 g/mol. The van der Waals surface area contributed by atoms with Crippen LogP contribution in [-0.4, -0.2) is 43.4 Å². The van der Waals surface area contributed by atoms with E-state index in [-0.39, 0.29) is 11.8 Å². The zero-order chi connectivity index (χ0) is 15.3. The lowest BCUT2D eigenvalue weighted by molar-refractivity contribution is -0.121. The highest BCUT2D eigenvalue weighted by atomic mass is 16.2. The number of nitrogens with zero attached hydrogens (tertiary/aromatic N) is 1. The Labute approximate surface area is 119 Å². The first-order chi connectivity index (χ1) is 9.36. The van der Waals surface area contributed by atoms with Gasteiger partial charge in [0.25, 0.3) is 5.91 Å². The molecule has 2 amide bonds. The van der Waals surface area contributed by atoms with Crippen molar-refractivity contribution in [3.63, 3.8) is 0 Å². The highest BCUT2D eigenvalue weighted by molar-refractivity contribution is 5.96. The minimum Gasteiger partial charge on any atom is -0.397 e. The van der Waals surface area contributed by atoms with Gasteiger partial charge >= 0.3 is 0 Å². The van der Waals surface area contributed by atoms with E-state index in [4.69, 9.17) is 5.73 Å². The van der Waals surface area contributed by atoms with E-state index in [1.807, 2.05) is 6.92 Å². The molecule has 0 fully saturated rings. The maximum Gasteiger partial charge on any atom is 0.253 e. The molecule has 110 valence electrons. The zero-order valence-electron chi connectivity index (χ0n) is 12.4. The number of benzene rings is 1. The molecule has 0 aliphatic rings. The summed E-state index contributed by atoms with van der Waals surface area (Å²) in [5.41, 5.74) is 7.47. The second-order valence-electron chi connectivity index (χ2n) is 4.76. The number of hydrogen-bond acceptors (Lipinski definition) is 4. The molecule has 0 bridgehead atoms. The summed E-state index contributed by atoms with van der Waals surface area (Å²) in [5, 5.41) is 5.74. The van der Waals surface area contributed by atoms with E-state index in [0.717, 1.165) is 0 Å². The summed E-state index contributed by atoms with van der Waals surface area (Å²) in [6.07, 6.45) is 0. The molecule has 1 atom stereocenters. The Hall–Kier alpha value is -2.24. The SMILES string of the molecule is CCNC(=O)C(C)Nc1cc(C(=O)N(C)C)ccc1N. The van der Waals surface area contributed by atoms with Crippen LogP contribution in [0.5, 0.6) is 0 Å². The Balaban J connectivity index is 2.92. The summed E-state index contributed by atoms with van der Waals surface area (Å²) < 4.78 is 0. The minimum atomic E-state index is -0.429. The van der Waals surface area contributed by atoms with Crippen LogP contribution < -0.4 is 16.4 Å². The summed E-state index contributed by atoms with van der Waals surface area (Å²) in [7, 11) is 3.37. The van der Waals surface area contributed by atoms with Gasteiger partial charge in [-0.2, -0.15) is 0 Å². The molecule has 0 aliphatic carbocycles. The molecule has 0 heterocycles. The second-order valence-corrected chi connectivity index (χ2v) is 4.76. The van der Waals surface area contributed by atoms with Gasteiger partial charge in [0.2, 0.25) is 5.91 Å². The van der Waals surface area contributed by atoms with E-state index >= 15 is 0 Å². The number of anilines is 2. The summed E-state index contributed by atoms with van der Waals surface area (Å²) in [6.45, 7) is 4.17. The number of carbonyl (C=O) groups excluding carboxylic acids is 2. The molecule has 6 heteroatoms. The Kier molecular flexibility index (Phi) is 5.37. The molecule has 1 rings (SSSR count). The third-order valence-corrected chi connectivity index (χ3v) is 2.82. The highest BCUT2D eigenvalue weighted by Crippen LogP contribution is 2.21. The van der Waals surface area contributed by atoms with E-state index < -0.39 is 6.04 Å². The van der Waals surface area contributed by atoms with E-state index in [1.54, 1.807) is 39.2 Å². The van der Waals surface area contributed by atoms with E-state index in [9.17, 15) is 9.59 Å². The van der Waals surface area contributed by atoms with Crippen LogP contribution in [0, 0.1) is 0 Å². The first kappa shape index (κ1) is 15.8. The van der Waals surface area contributed by atoms with Gasteiger partial charge in [0.1, 0.15) is 6.04 Å². The molecule has 0 spiro atoms. The van der Waals surface area contributed by atoms with Crippen molar-refractivity contribution < 1.29 is 9.59 Å². The van der Waals surface area contributed by atoms with Gasteiger partial charge in [-0.15, -0.1) is 0 Å². The quantitative estimate of drug-likeness (QED) is 0.699. The molecule has 1 unspecified atom stereocenters. The van der Waals surface area contributed by atoms with Gasteiger partial charge in [-0.1, -0.05) is 0 Å². The number of hydrogen-bond donors (Lipinski definition) is 3. The number of nitrogens with one attached hydrogen (secondary N) is 2. The Morgan fingerprint density at radius 3 is 2.55 bits per heavy atom. The molecule has 0 aliphatic heterocycles. The molecule has 6 nitrogen and oxygen atoms in total. The number of amides is 2. The second kappa shape index (κ2) is 6.79. The van der Waals surface area contributed by atoms with Crippen molar-refractivity contribution >= 4 is 23.2 Å². The molecule has 4 N–H and O–H groups in total. The Morgan fingerprint density at radius 2 is 2.00 bits per heavy atom. The topological polar surface area (TPSA) is 87.5 Å². The number of carbonyl (C=O) groups is 2. The molecule has 0 saturated carbocycles. The van der Waals surface area contributed by atoms with Gasteiger partial charge in [-0.3, -0.25) is 9.59 Å². The van der Waals surface area contributed by atoms with Crippen molar-refractivity contribution in [2.45, 2.75) is 19.9 Å². The summed E-state index contributed by atoms with van der Waals surface area (Å²) in [4.78, 5) is 25.1. The molecule has 20 heavy (non-hydrogen) atoms. The smallest absolute Gasteiger partial charge is 0.253 e. The average molecular weight is 278 g/mol. The van der Waals surface area contributed by atoms with Crippen molar-refractivity contribution in [2.24, 2.45) is 0 Å². The van der Waals surface area contributed by atoms with Gasteiger partial charge in [0.15, 0.2) is 0 Å². The van der Waals surface area contributed by atoms with Crippen LogP contribution in [0.3, 0.4) is 0 Å². The van der Waals surface area contributed by atoms with E-state index in [0.29, 0.717) is 23.5 Å². The van der Waals surface area contributed by atoms with Crippen molar-refractivity contribution in [2.75, 3.05) is 31.7 Å². The van der Waals surface area contributed by atoms with Gasteiger partial charge < -0.3 is 21.3 Å². The fourth-order valence-electron chi connectivity index (χ4n) is 1.70. The molecule has 0 radical (unpaired) electrons. The van der Waals surface area contributed by atoms with Crippen LogP contribution in [0.2, 0.25) is 0 Å². The molecular formula is C14H22N4O2. The van der Waals surface area contributed by atoms with Gasteiger partial charge in [0.05, 0.1) is 11.4 Å². The van der Waals surface area contributed by atoms with Crippen molar-refractivity contribution in [3.05, 3.63) is 23.8 Å². The first-order valence-corrected chi connectivity index (χ1v) is 6.52. The summed E-state index contributed by atoms with van der Waals surface area (Å²) >= 11 is 0. The molecule has 1 aromatic carbocycles. The number of nitrogens with two attached hydrogens (primary N) is 1. The first-order valence-electron chi connectivity index (χ1n) is 6.52. The van der Waals surface area contributed by atoms with Gasteiger partial charge in [0, 0.05) is 26.2 Å². The van der Waals surface area contributed by atoms with Crippen LogP contribution in [0.1, 0.15) is 24.2 Å². The normalized spacial score (nSPS) is 11.6. The highest BCUT2D eigenvalue weighted by Gasteiger charge is 2.15. The molecule has 0 aromatic heterocycles. The Morgan fingerprint density at radius 1 is 1.35 bits per heavy atom. The van der Waals surface area contributed by atoms with Crippen LogP contribution in [-0.2, 0) is 4.79 Å². The number of likely N-dealkylation sites (N-methyl/N-ethyl adjacent to an activating group) is 1. The summed E-state index contributed by atoms with van der Waals surface area (Å²) in [5.74, 6) is -0.227. The number of nitrogen functional groups attached to an aromatic ring is 1. The van der Waals surface area contributed by atoms with Crippen LogP contribution >= 0.6 is 0 Å². The lowest BCUT2D eigenvalue weighted by Gasteiger charge is -2.17. The largest absolute Gasteiger partial charge is 0.397 e. The third-order valence-electron chi connectivity index (χ3n) is 2.82. The lowest BCUT2D eigenvalue weighted by Crippen LogP contribution is -2.37. The van der Waals surface area contributed by atoms with Gasteiger partial charge in [-0.25, -0.2) is 0 Å². The van der Waals surface area contributed by atoms with Crippen LogP contribution in [0.4, 0.5) is 11.4 Å². The molecule has 1 aromatic rings. The van der Waals surface area contributed by atoms with Crippen molar-refractivity contribution in [1.29, 1.82) is 0 Å². The maximum atomic E-state index is 11.9. The molecule has 0 saturated heterocycles. The van der Waals surface area contributed by atoms with Crippen molar-refractivity contribution in [1.82, 2.24) is 10.2 Å². The summed E-state index contributed by atoms with van der Waals surface area (Å²) in [6, 6.07) is 4.55. The standard InChI is InChI=1S/C14H22N4O2/c1-5-16-13(19)9(2)17-12-8-10(6-7-11(12)15)14(20)18(3)4/h6-9,17H,5,15H2,1-4H3,(H,16,19). The zero-order valence-corrected chi connectivity index (χ0v) is 12.4. The van der Waals surface area contributed by atoms with Crippen LogP contribution in [0.15, 0.2) is 18.2 Å². The predicted molar refractivity (Wildman–Crippen MR) is 80.6 cm³/mol. The lowest BCUT2D eigenvalue weighted by atomic mass is 10.1. The maximum absolute atomic E-state index is 11.9. The average Bonchev–Trinajstić information content (AvgIpc) is 2.40. The number of rotatable bonds is 5. The predicted octanol–water partition coefficient (Wildman–Crippen LogP) is 0.907. The van der Waals surface area contributed by atoms with E-state index in [2.05, 4.69) is 10.6 Å². The minimum absolute atomic E-state index is 0.112. The molecular weight excluding hydrogens is 256 g/mol. The van der Waals surface area contributed by atoms with E-state index in [1.165, 1.54) is 4.90 Å². The van der Waals surface area contributed by atoms with Crippen molar-refractivity contribution in [3.8, 4) is 0 Å². The fraction of sp³-hybridized carbons (Fsp3) is 0.429. The Bertz CT molecular complexity index is 500. The van der Waals surface area contributed by atoms with Crippen LogP contribution in [0.25, 0.3) is 0 Å². The third kappa shape index (κ3) is 3.88.